The maximum atomic E-state index is 13.0. The van der Waals surface area contributed by atoms with Crippen LogP contribution in [0.4, 0.5) is 11.4 Å². The Labute approximate surface area is 216 Å². The Morgan fingerprint density at radius 3 is 2.26 bits per heavy atom. The van der Waals surface area contributed by atoms with Gasteiger partial charge < -0.3 is 15.4 Å². The molecule has 0 unspecified atom stereocenters. The summed E-state index contributed by atoms with van der Waals surface area (Å²) >= 11 is 8.90. The molecule has 0 saturated heterocycles. The third-order valence-corrected chi connectivity index (χ3v) is 6.38. The summed E-state index contributed by atoms with van der Waals surface area (Å²) in [6.45, 7) is 1.89. The Hall–Kier alpha value is -3.75. The normalized spacial score (nSPS) is 10.5. The molecule has 0 atom stereocenters. The molecule has 176 valence electrons. The number of carbonyl (C=O) groups is 2. The van der Waals surface area contributed by atoms with E-state index in [0.717, 1.165) is 16.3 Å². The van der Waals surface area contributed by atoms with Crippen LogP contribution in [0, 0.1) is 6.92 Å². The number of aryl methyl sites for hydroxylation is 1. The topological polar surface area (TPSA) is 79.5 Å². The van der Waals surface area contributed by atoms with E-state index in [4.69, 9.17) is 17.0 Å². The number of thiocarbonyl (C=S) groups is 1. The van der Waals surface area contributed by atoms with Crippen molar-refractivity contribution in [2.24, 2.45) is 0 Å². The van der Waals surface area contributed by atoms with E-state index in [1.807, 2.05) is 49.4 Å². The molecule has 0 spiro atoms. The van der Waals surface area contributed by atoms with Crippen molar-refractivity contribution in [3.05, 3.63) is 100 Å². The molecular formula is C27H22BrN3O3S. The fourth-order valence-electron chi connectivity index (χ4n) is 3.69. The van der Waals surface area contributed by atoms with Gasteiger partial charge in [-0.05, 0) is 81.7 Å². The SMILES string of the molecule is COc1c(C(=O)NC(=S)Nc2cccc(NC(=O)c3ccccc3C)c2)cc2ccccc2c1Br. The number of nitrogens with one attached hydrogen (secondary N) is 3. The number of hydrogen-bond donors (Lipinski definition) is 3. The Morgan fingerprint density at radius 1 is 0.829 bits per heavy atom. The minimum atomic E-state index is -0.408. The molecule has 0 aliphatic heterocycles. The molecule has 4 aromatic rings. The number of benzene rings is 4. The van der Waals surface area contributed by atoms with Crippen LogP contribution in [-0.2, 0) is 0 Å². The number of methoxy groups -OCH3 is 1. The lowest BCUT2D eigenvalue weighted by Gasteiger charge is -2.15. The zero-order valence-corrected chi connectivity index (χ0v) is 21.4. The van der Waals surface area contributed by atoms with Crippen molar-refractivity contribution in [3.63, 3.8) is 0 Å². The van der Waals surface area contributed by atoms with Gasteiger partial charge in [0.05, 0.1) is 17.1 Å². The molecule has 6 nitrogen and oxygen atoms in total. The van der Waals surface area contributed by atoms with E-state index in [-0.39, 0.29) is 11.0 Å². The van der Waals surface area contributed by atoms with Gasteiger partial charge in [-0.15, -0.1) is 0 Å². The number of fused-ring (bicyclic) bond motifs is 1. The van der Waals surface area contributed by atoms with Crippen LogP contribution in [0.15, 0.2) is 83.3 Å². The Morgan fingerprint density at radius 2 is 1.51 bits per heavy atom. The van der Waals surface area contributed by atoms with Crippen molar-refractivity contribution in [1.82, 2.24) is 5.32 Å². The first-order valence-corrected chi connectivity index (χ1v) is 11.9. The Balaban J connectivity index is 1.47. The van der Waals surface area contributed by atoms with Gasteiger partial charge in [-0.25, -0.2) is 0 Å². The van der Waals surface area contributed by atoms with Crippen molar-refractivity contribution >= 4 is 67.2 Å². The molecule has 8 heteroatoms. The molecular weight excluding hydrogens is 526 g/mol. The number of hydrogen-bond acceptors (Lipinski definition) is 4. The minimum absolute atomic E-state index is 0.115. The standard InChI is InChI=1S/C27H22BrN3O3S/c1-16-8-3-5-12-20(16)25(32)29-18-10-7-11-19(15-18)30-27(35)31-26(33)22-14-17-9-4-6-13-21(17)23(28)24(22)34-2/h3-15H,1-2H3,(H,29,32)(H2,30,31,33,35). The molecule has 35 heavy (non-hydrogen) atoms. The van der Waals surface area contributed by atoms with Gasteiger partial charge in [0, 0.05) is 16.9 Å². The second-order valence-electron chi connectivity index (χ2n) is 7.75. The van der Waals surface area contributed by atoms with E-state index in [9.17, 15) is 9.59 Å². The van der Waals surface area contributed by atoms with Gasteiger partial charge in [0.15, 0.2) is 5.11 Å². The fourth-order valence-corrected chi connectivity index (χ4v) is 4.63. The van der Waals surface area contributed by atoms with E-state index in [1.54, 1.807) is 36.4 Å². The molecule has 4 aromatic carbocycles. The summed E-state index contributed by atoms with van der Waals surface area (Å²) in [4.78, 5) is 25.6. The number of halogens is 1. The summed E-state index contributed by atoms with van der Waals surface area (Å²) in [5.41, 5.74) is 3.05. The fraction of sp³-hybridized carbons (Fsp3) is 0.0741. The van der Waals surface area contributed by atoms with Crippen molar-refractivity contribution in [3.8, 4) is 5.75 Å². The summed E-state index contributed by atoms with van der Waals surface area (Å²) < 4.78 is 6.18. The Bertz CT molecular complexity index is 1460. The van der Waals surface area contributed by atoms with Crippen LogP contribution in [0.1, 0.15) is 26.3 Å². The molecule has 0 aliphatic carbocycles. The van der Waals surface area contributed by atoms with Gasteiger partial charge in [0.25, 0.3) is 11.8 Å². The van der Waals surface area contributed by atoms with E-state index in [1.165, 1.54) is 7.11 Å². The van der Waals surface area contributed by atoms with E-state index >= 15 is 0 Å². The van der Waals surface area contributed by atoms with E-state index in [0.29, 0.717) is 32.7 Å². The Kier molecular flexibility index (Phi) is 7.43. The highest BCUT2D eigenvalue weighted by atomic mass is 79.9. The van der Waals surface area contributed by atoms with Crippen LogP contribution in [0.3, 0.4) is 0 Å². The third-order valence-electron chi connectivity index (χ3n) is 5.38. The second kappa shape index (κ2) is 10.7. The molecule has 4 rings (SSSR count). The van der Waals surface area contributed by atoms with Gasteiger partial charge in [-0.2, -0.15) is 0 Å². The van der Waals surface area contributed by atoms with Crippen LogP contribution < -0.4 is 20.7 Å². The summed E-state index contributed by atoms with van der Waals surface area (Å²) in [5, 5.41) is 10.5. The molecule has 0 saturated carbocycles. The molecule has 2 amide bonds. The molecule has 3 N–H and O–H groups in total. The highest BCUT2D eigenvalue weighted by Crippen LogP contribution is 2.36. The highest BCUT2D eigenvalue weighted by molar-refractivity contribution is 9.10. The summed E-state index contributed by atoms with van der Waals surface area (Å²) in [6, 6.07) is 23.9. The van der Waals surface area contributed by atoms with Gasteiger partial charge in [-0.1, -0.05) is 48.5 Å². The highest BCUT2D eigenvalue weighted by Gasteiger charge is 2.19. The maximum Gasteiger partial charge on any atom is 0.261 e. The van der Waals surface area contributed by atoms with Crippen LogP contribution >= 0.6 is 28.1 Å². The predicted molar refractivity (Wildman–Crippen MR) is 147 cm³/mol. The molecule has 0 radical (unpaired) electrons. The number of ether oxygens (including phenoxy) is 1. The van der Waals surface area contributed by atoms with Crippen molar-refractivity contribution in [2.45, 2.75) is 6.92 Å². The first-order valence-electron chi connectivity index (χ1n) is 10.7. The minimum Gasteiger partial charge on any atom is -0.495 e. The van der Waals surface area contributed by atoms with Gasteiger partial charge >= 0.3 is 0 Å². The van der Waals surface area contributed by atoms with Crippen LogP contribution in [0.5, 0.6) is 5.75 Å². The molecule has 0 fully saturated rings. The maximum absolute atomic E-state index is 13.0. The molecule has 0 aromatic heterocycles. The van der Waals surface area contributed by atoms with Crippen molar-refractivity contribution in [2.75, 3.05) is 17.7 Å². The average Bonchev–Trinajstić information content (AvgIpc) is 2.84. The van der Waals surface area contributed by atoms with Crippen LogP contribution in [0.25, 0.3) is 10.8 Å². The van der Waals surface area contributed by atoms with Gasteiger partial charge in [0.2, 0.25) is 0 Å². The largest absolute Gasteiger partial charge is 0.495 e. The zero-order chi connectivity index (χ0) is 24.9. The first-order chi connectivity index (χ1) is 16.9. The number of carbonyl (C=O) groups excluding carboxylic acids is 2. The monoisotopic (exact) mass is 547 g/mol. The lowest BCUT2D eigenvalue weighted by Crippen LogP contribution is -2.34. The third kappa shape index (κ3) is 5.50. The van der Waals surface area contributed by atoms with Crippen LogP contribution in [-0.4, -0.2) is 24.0 Å². The quantitative estimate of drug-likeness (QED) is 0.255. The number of rotatable bonds is 5. The molecule has 0 bridgehead atoms. The summed E-state index contributed by atoms with van der Waals surface area (Å²) in [6.07, 6.45) is 0. The zero-order valence-electron chi connectivity index (χ0n) is 19.0. The number of anilines is 2. The van der Waals surface area contributed by atoms with Crippen molar-refractivity contribution in [1.29, 1.82) is 0 Å². The molecule has 0 aliphatic rings. The average molecular weight is 548 g/mol. The summed E-state index contributed by atoms with van der Waals surface area (Å²) in [7, 11) is 1.51. The van der Waals surface area contributed by atoms with Crippen molar-refractivity contribution < 1.29 is 14.3 Å². The molecule has 0 heterocycles. The van der Waals surface area contributed by atoms with E-state index in [2.05, 4.69) is 31.9 Å². The number of amides is 2. The van der Waals surface area contributed by atoms with Gasteiger partial charge in [-0.3, -0.25) is 14.9 Å². The second-order valence-corrected chi connectivity index (χ2v) is 8.95. The lowest BCUT2D eigenvalue weighted by molar-refractivity contribution is 0.0973. The van der Waals surface area contributed by atoms with E-state index < -0.39 is 5.91 Å². The smallest absolute Gasteiger partial charge is 0.261 e. The van der Waals surface area contributed by atoms with Crippen LogP contribution in [0.2, 0.25) is 0 Å². The first kappa shape index (κ1) is 24.4. The predicted octanol–water partition coefficient (Wildman–Crippen LogP) is 6.30. The van der Waals surface area contributed by atoms with Gasteiger partial charge in [0.1, 0.15) is 5.75 Å². The lowest BCUT2D eigenvalue weighted by atomic mass is 10.1. The summed E-state index contributed by atoms with van der Waals surface area (Å²) in [5.74, 6) is -0.190.